The van der Waals surface area contributed by atoms with Crippen molar-refractivity contribution in [2.45, 2.75) is 13.0 Å². The van der Waals surface area contributed by atoms with Gasteiger partial charge in [-0.1, -0.05) is 0 Å². The first kappa shape index (κ1) is 13.3. The van der Waals surface area contributed by atoms with Crippen LogP contribution in [0.15, 0.2) is 18.2 Å². The van der Waals surface area contributed by atoms with Gasteiger partial charge in [0.15, 0.2) is 0 Å². The zero-order valence-electron chi connectivity index (χ0n) is 10.6. The summed E-state index contributed by atoms with van der Waals surface area (Å²) in [5.74, 6) is -0.255. The molecule has 102 valence electrons. The van der Waals surface area contributed by atoms with E-state index in [1.807, 2.05) is 6.92 Å². The SMILES string of the molecule is CC1CN(C(=O)c2cc([N+](=O)[O-])ccc2N)CCN1. The molecule has 1 amide bonds. The molecule has 1 aliphatic rings. The monoisotopic (exact) mass is 264 g/mol. The Bertz CT molecular complexity index is 518. The highest BCUT2D eigenvalue weighted by atomic mass is 16.6. The molecule has 1 heterocycles. The number of anilines is 1. The first-order valence-electron chi connectivity index (χ1n) is 6.05. The van der Waals surface area contributed by atoms with Crippen molar-refractivity contribution in [1.29, 1.82) is 0 Å². The number of nitro benzene ring substituents is 1. The first-order chi connectivity index (χ1) is 8.99. The molecule has 19 heavy (non-hydrogen) atoms. The Labute approximate surface area is 110 Å². The van der Waals surface area contributed by atoms with Gasteiger partial charge in [-0.3, -0.25) is 14.9 Å². The summed E-state index contributed by atoms with van der Waals surface area (Å²) in [6.07, 6.45) is 0. The van der Waals surface area contributed by atoms with E-state index in [0.717, 1.165) is 0 Å². The van der Waals surface area contributed by atoms with Crippen molar-refractivity contribution in [2.24, 2.45) is 0 Å². The first-order valence-corrected chi connectivity index (χ1v) is 6.05. The Morgan fingerprint density at radius 1 is 1.58 bits per heavy atom. The Morgan fingerprint density at radius 3 is 2.95 bits per heavy atom. The number of benzene rings is 1. The number of nitrogen functional groups attached to an aromatic ring is 1. The lowest BCUT2D eigenvalue weighted by molar-refractivity contribution is -0.384. The Balaban J connectivity index is 2.27. The van der Waals surface area contributed by atoms with Crippen molar-refractivity contribution < 1.29 is 9.72 Å². The van der Waals surface area contributed by atoms with E-state index >= 15 is 0 Å². The van der Waals surface area contributed by atoms with Crippen molar-refractivity contribution >= 4 is 17.3 Å². The molecule has 1 saturated heterocycles. The summed E-state index contributed by atoms with van der Waals surface area (Å²) in [6.45, 7) is 3.84. The average molecular weight is 264 g/mol. The van der Waals surface area contributed by atoms with Gasteiger partial charge in [0.1, 0.15) is 0 Å². The smallest absolute Gasteiger partial charge is 0.270 e. The van der Waals surface area contributed by atoms with E-state index in [-0.39, 0.29) is 28.9 Å². The molecule has 0 bridgehead atoms. The third-order valence-electron chi connectivity index (χ3n) is 3.13. The van der Waals surface area contributed by atoms with E-state index in [4.69, 9.17) is 5.73 Å². The minimum Gasteiger partial charge on any atom is -0.398 e. The van der Waals surface area contributed by atoms with Gasteiger partial charge in [-0.05, 0) is 13.0 Å². The van der Waals surface area contributed by atoms with Crippen LogP contribution in [-0.4, -0.2) is 41.4 Å². The van der Waals surface area contributed by atoms with Gasteiger partial charge in [0.25, 0.3) is 11.6 Å². The van der Waals surface area contributed by atoms with Gasteiger partial charge in [-0.15, -0.1) is 0 Å². The van der Waals surface area contributed by atoms with Gasteiger partial charge in [0, 0.05) is 43.5 Å². The van der Waals surface area contributed by atoms with Crippen molar-refractivity contribution in [2.75, 3.05) is 25.4 Å². The lowest BCUT2D eigenvalue weighted by atomic mass is 10.1. The van der Waals surface area contributed by atoms with Gasteiger partial charge < -0.3 is 16.0 Å². The van der Waals surface area contributed by atoms with E-state index < -0.39 is 4.92 Å². The normalized spacial score (nSPS) is 19.2. The van der Waals surface area contributed by atoms with E-state index in [0.29, 0.717) is 19.6 Å². The number of nitro groups is 1. The van der Waals surface area contributed by atoms with E-state index in [9.17, 15) is 14.9 Å². The molecule has 1 aromatic rings. The molecule has 0 aliphatic carbocycles. The molecule has 0 radical (unpaired) electrons. The van der Waals surface area contributed by atoms with Gasteiger partial charge in [0.2, 0.25) is 0 Å². The van der Waals surface area contributed by atoms with Crippen LogP contribution in [-0.2, 0) is 0 Å². The molecule has 0 saturated carbocycles. The van der Waals surface area contributed by atoms with Crippen LogP contribution in [0, 0.1) is 10.1 Å². The van der Waals surface area contributed by atoms with Crippen LogP contribution in [0.5, 0.6) is 0 Å². The van der Waals surface area contributed by atoms with Crippen LogP contribution in [0.3, 0.4) is 0 Å². The summed E-state index contributed by atoms with van der Waals surface area (Å²) in [5, 5.41) is 14.0. The zero-order chi connectivity index (χ0) is 14.0. The number of rotatable bonds is 2. The molecule has 1 fully saturated rings. The molecule has 0 spiro atoms. The number of carbonyl (C=O) groups is 1. The summed E-state index contributed by atoms with van der Waals surface area (Å²) in [4.78, 5) is 24.2. The largest absolute Gasteiger partial charge is 0.398 e. The highest BCUT2D eigenvalue weighted by molar-refractivity contribution is 5.99. The third kappa shape index (κ3) is 2.82. The Hall–Kier alpha value is -2.15. The maximum absolute atomic E-state index is 12.3. The number of amides is 1. The second-order valence-electron chi connectivity index (χ2n) is 4.64. The van der Waals surface area contributed by atoms with Crippen molar-refractivity contribution in [3.05, 3.63) is 33.9 Å². The highest BCUT2D eigenvalue weighted by Gasteiger charge is 2.24. The summed E-state index contributed by atoms with van der Waals surface area (Å²) in [5.41, 5.74) is 6.08. The molecular weight excluding hydrogens is 248 g/mol. The fourth-order valence-corrected chi connectivity index (χ4v) is 2.13. The minimum atomic E-state index is -0.531. The van der Waals surface area contributed by atoms with Crippen molar-refractivity contribution in [3.63, 3.8) is 0 Å². The predicted octanol–water partition coefficient (Wildman–Crippen LogP) is 0.611. The molecule has 1 aromatic carbocycles. The van der Waals surface area contributed by atoms with Gasteiger partial charge >= 0.3 is 0 Å². The molecule has 2 rings (SSSR count). The molecule has 1 unspecified atom stereocenters. The number of nitrogens with zero attached hydrogens (tertiary/aromatic N) is 2. The number of non-ortho nitro benzene ring substituents is 1. The quantitative estimate of drug-likeness (QED) is 0.463. The van der Waals surface area contributed by atoms with Gasteiger partial charge in [-0.2, -0.15) is 0 Å². The topological polar surface area (TPSA) is 102 Å². The molecule has 1 atom stereocenters. The van der Waals surface area contributed by atoms with Crippen LogP contribution >= 0.6 is 0 Å². The number of hydrogen-bond donors (Lipinski definition) is 2. The minimum absolute atomic E-state index is 0.124. The fraction of sp³-hybridized carbons (Fsp3) is 0.417. The molecule has 1 aliphatic heterocycles. The summed E-state index contributed by atoms with van der Waals surface area (Å²) >= 11 is 0. The maximum Gasteiger partial charge on any atom is 0.270 e. The number of nitrogens with one attached hydrogen (secondary N) is 1. The van der Waals surface area contributed by atoms with Crippen LogP contribution in [0.25, 0.3) is 0 Å². The van der Waals surface area contributed by atoms with Gasteiger partial charge in [-0.25, -0.2) is 0 Å². The van der Waals surface area contributed by atoms with Crippen LogP contribution in [0.1, 0.15) is 17.3 Å². The molecule has 0 aromatic heterocycles. The summed E-state index contributed by atoms with van der Waals surface area (Å²) in [6, 6.07) is 4.14. The molecule has 7 nitrogen and oxygen atoms in total. The van der Waals surface area contributed by atoms with Crippen LogP contribution < -0.4 is 11.1 Å². The molecule has 3 N–H and O–H groups in total. The second-order valence-corrected chi connectivity index (χ2v) is 4.64. The highest BCUT2D eigenvalue weighted by Crippen LogP contribution is 2.21. The molecular formula is C12H16N4O3. The Morgan fingerprint density at radius 2 is 2.32 bits per heavy atom. The third-order valence-corrected chi connectivity index (χ3v) is 3.13. The maximum atomic E-state index is 12.3. The second kappa shape index (κ2) is 5.23. The number of carbonyl (C=O) groups excluding carboxylic acids is 1. The van der Waals surface area contributed by atoms with Crippen molar-refractivity contribution in [3.8, 4) is 0 Å². The lowest BCUT2D eigenvalue weighted by Gasteiger charge is -2.32. The standard InChI is InChI=1S/C12H16N4O3/c1-8-7-15(5-4-14-8)12(17)10-6-9(16(18)19)2-3-11(10)13/h2-3,6,8,14H,4-5,7,13H2,1H3. The van der Waals surface area contributed by atoms with Gasteiger partial charge in [0.05, 0.1) is 10.5 Å². The van der Waals surface area contributed by atoms with Crippen LogP contribution in [0.4, 0.5) is 11.4 Å². The summed E-state index contributed by atoms with van der Waals surface area (Å²) < 4.78 is 0. The number of hydrogen-bond acceptors (Lipinski definition) is 5. The Kier molecular flexibility index (Phi) is 3.66. The van der Waals surface area contributed by atoms with E-state index in [1.54, 1.807) is 4.90 Å². The van der Waals surface area contributed by atoms with Crippen molar-refractivity contribution in [1.82, 2.24) is 10.2 Å². The average Bonchev–Trinajstić information content (AvgIpc) is 2.38. The number of piperazine rings is 1. The van der Waals surface area contributed by atoms with E-state index in [2.05, 4.69) is 5.32 Å². The van der Waals surface area contributed by atoms with Crippen LogP contribution in [0.2, 0.25) is 0 Å². The predicted molar refractivity (Wildman–Crippen MR) is 70.9 cm³/mol. The number of nitrogens with two attached hydrogens (primary N) is 1. The fourth-order valence-electron chi connectivity index (χ4n) is 2.13. The lowest BCUT2D eigenvalue weighted by Crippen LogP contribution is -2.51. The zero-order valence-corrected chi connectivity index (χ0v) is 10.6. The molecule has 7 heteroatoms. The van der Waals surface area contributed by atoms with E-state index in [1.165, 1.54) is 18.2 Å². The summed E-state index contributed by atoms with van der Waals surface area (Å²) in [7, 11) is 0.